The van der Waals surface area contributed by atoms with Gasteiger partial charge >= 0.3 is 0 Å². The first kappa shape index (κ1) is 10.4. The molecule has 2 heteroatoms. The summed E-state index contributed by atoms with van der Waals surface area (Å²) in [5.74, 6) is 0. The average molecular weight is 211 g/mol. The van der Waals surface area contributed by atoms with Gasteiger partial charge in [-0.1, -0.05) is 35.9 Å². The third kappa shape index (κ3) is 1.96. The van der Waals surface area contributed by atoms with Crippen molar-refractivity contribution >= 4 is 12.0 Å². The first-order valence-electron chi connectivity index (χ1n) is 5.12. The number of rotatable bonds is 2. The number of carbonyl (C=O) groups excluding carboxylic acids is 1. The molecule has 2 N–H and O–H groups in total. The van der Waals surface area contributed by atoms with E-state index < -0.39 is 0 Å². The van der Waals surface area contributed by atoms with Gasteiger partial charge in [0.05, 0.1) is 0 Å². The van der Waals surface area contributed by atoms with E-state index in [1.54, 1.807) is 6.07 Å². The second kappa shape index (κ2) is 4.19. The second-order valence-corrected chi connectivity index (χ2v) is 3.83. The lowest BCUT2D eigenvalue weighted by Crippen LogP contribution is -1.92. The first-order chi connectivity index (χ1) is 7.70. The standard InChI is InChI=1S/C14H13NO/c1-10-2-4-11(5-3-10)12-6-7-14(15)13(8-12)9-16/h2-9H,15H2,1H3. The van der Waals surface area contributed by atoms with Crippen molar-refractivity contribution in [3.05, 3.63) is 53.6 Å². The predicted octanol–water partition coefficient (Wildman–Crippen LogP) is 3.06. The second-order valence-electron chi connectivity index (χ2n) is 3.83. The number of nitrogen functional groups attached to an aromatic ring is 1. The van der Waals surface area contributed by atoms with E-state index in [1.807, 2.05) is 43.3 Å². The molecular formula is C14H13NO. The van der Waals surface area contributed by atoms with Crippen LogP contribution in [0.3, 0.4) is 0 Å². The molecule has 2 aromatic carbocycles. The lowest BCUT2D eigenvalue weighted by molar-refractivity contribution is 0.112. The molecule has 0 saturated carbocycles. The number of carbonyl (C=O) groups is 1. The van der Waals surface area contributed by atoms with E-state index in [0.717, 1.165) is 17.4 Å². The zero-order valence-corrected chi connectivity index (χ0v) is 9.10. The van der Waals surface area contributed by atoms with E-state index in [2.05, 4.69) is 0 Å². The van der Waals surface area contributed by atoms with Crippen LogP contribution < -0.4 is 5.73 Å². The van der Waals surface area contributed by atoms with Crippen LogP contribution in [0.2, 0.25) is 0 Å². The Labute approximate surface area is 94.7 Å². The summed E-state index contributed by atoms with van der Waals surface area (Å²) in [5.41, 5.74) is 10.0. The van der Waals surface area contributed by atoms with Crippen LogP contribution in [-0.2, 0) is 0 Å². The number of aldehydes is 1. The molecule has 2 rings (SSSR count). The Kier molecular flexibility index (Phi) is 2.73. The fourth-order valence-corrected chi connectivity index (χ4v) is 1.60. The fraction of sp³-hybridized carbons (Fsp3) is 0.0714. The Morgan fingerprint density at radius 1 is 1.00 bits per heavy atom. The van der Waals surface area contributed by atoms with Gasteiger partial charge in [0.25, 0.3) is 0 Å². The van der Waals surface area contributed by atoms with E-state index in [9.17, 15) is 4.79 Å². The summed E-state index contributed by atoms with van der Waals surface area (Å²) in [6, 6.07) is 13.7. The molecule has 0 bridgehead atoms. The zero-order valence-electron chi connectivity index (χ0n) is 9.10. The summed E-state index contributed by atoms with van der Waals surface area (Å²) in [7, 11) is 0. The van der Waals surface area contributed by atoms with E-state index in [-0.39, 0.29) is 0 Å². The van der Waals surface area contributed by atoms with Crippen molar-refractivity contribution in [1.29, 1.82) is 0 Å². The predicted molar refractivity (Wildman–Crippen MR) is 66.4 cm³/mol. The number of nitrogens with two attached hydrogens (primary N) is 1. The van der Waals surface area contributed by atoms with Crippen LogP contribution in [0.1, 0.15) is 15.9 Å². The van der Waals surface area contributed by atoms with Crippen LogP contribution >= 0.6 is 0 Å². The van der Waals surface area contributed by atoms with Crippen molar-refractivity contribution in [2.24, 2.45) is 0 Å². The summed E-state index contributed by atoms with van der Waals surface area (Å²) in [6.45, 7) is 2.05. The first-order valence-corrected chi connectivity index (χ1v) is 5.12. The van der Waals surface area contributed by atoms with Crippen molar-refractivity contribution in [1.82, 2.24) is 0 Å². The van der Waals surface area contributed by atoms with E-state index >= 15 is 0 Å². The largest absolute Gasteiger partial charge is 0.398 e. The summed E-state index contributed by atoms with van der Waals surface area (Å²) in [4.78, 5) is 10.8. The van der Waals surface area contributed by atoms with Crippen LogP contribution in [0.4, 0.5) is 5.69 Å². The molecule has 2 nitrogen and oxygen atoms in total. The molecule has 0 spiro atoms. The van der Waals surface area contributed by atoms with Crippen LogP contribution in [0, 0.1) is 6.92 Å². The summed E-state index contributed by atoms with van der Waals surface area (Å²) >= 11 is 0. The average Bonchev–Trinajstić information content (AvgIpc) is 2.31. The van der Waals surface area contributed by atoms with Crippen LogP contribution in [-0.4, -0.2) is 6.29 Å². The van der Waals surface area contributed by atoms with Gasteiger partial charge in [-0.3, -0.25) is 4.79 Å². The fourth-order valence-electron chi connectivity index (χ4n) is 1.60. The van der Waals surface area contributed by atoms with Crippen LogP contribution in [0.15, 0.2) is 42.5 Å². The van der Waals surface area contributed by atoms with Gasteiger partial charge in [-0.15, -0.1) is 0 Å². The molecule has 0 aliphatic heterocycles. The molecule has 0 aliphatic rings. The molecule has 0 radical (unpaired) electrons. The van der Waals surface area contributed by atoms with Crippen molar-refractivity contribution in [3.63, 3.8) is 0 Å². The Balaban J connectivity index is 2.48. The van der Waals surface area contributed by atoms with Gasteiger partial charge in [-0.25, -0.2) is 0 Å². The smallest absolute Gasteiger partial charge is 0.152 e. The minimum absolute atomic E-state index is 0.519. The molecule has 0 fully saturated rings. The van der Waals surface area contributed by atoms with Gasteiger partial charge in [-0.05, 0) is 30.2 Å². The third-order valence-corrected chi connectivity index (χ3v) is 2.60. The molecule has 16 heavy (non-hydrogen) atoms. The molecular weight excluding hydrogens is 198 g/mol. The number of anilines is 1. The van der Waals surface area contributed by atoms with Gasteiger partial charge in [0.1, 0.15) is 0 Å². The number of benzene rings is 2. The summed E-state index contributed by atoms with van der Waals surface area (Å²) in [5, 5.41) is 0. The molecule has 0 atom stereocenters. The Morgan fingerprint density at radius 2 is 1.62 bits per heavy atom. The number of hydrogen-bond donors (Lipinski definition) is 1. The van der Waals surface area contributed by atoms with E-state index in [1.165, 1.54) is 5.56 Å². The van der Waals surface area contributed by atoms with Crippen molar-refractivity contribution in [2.45, 2.75) is 6.92 Å². The van der Waals surface area contributed by atoms with Gasteiger partial charge < -0.3 is 5.73 Å². The highest BCUT2D eigenvalue weighted by Crippen LogP contribution is 2.23. The topological polar surface area (TPSA) is 43.1 Å². The molecule has 0 amide bonds. The maximum Gasteiger partial charge on any atom is 0.152 e. The summed E-state index contributed by atoms with van der Waals surface area (Å²) < 4.78 is 0. The highest BCUT2D eigenvalue weighted by molar-refractivity contribution is 5.86. The van der Waals surface area contributed by atoms with Crippen LogP contribution in [0.5, 0.6) is 0 Å². The molecule has 0 unspecified atom stereocenters. The molecule has 80 valence electrons. The Bertz CT molecular complexity index is 515. The van der Waals surface area contributed by atoms with E-state index in [0.29, 0.717) is 11.3 Å². The minimum atomic E-state index is 0.519. The van der Waals surface area contributed by atoms with Crippen molar-refractivity contribution in [3.8, 4) is 11.1 Å². The zero-order chi connectivity index (χ0) is 11.5. The van der Waals surface area contributed by atoms with Gasteiger partial charge in [0, 0.05) is 11.3 Å². The maximum absolute atomic E-state index is 10.8. The van der Waals surface area contributed by atoms with Crippen molar-refractivity contribution in [2.75, 3.05) is 5.73 Å². The molecule has 0 heterocycles. The maximum atomic E-state index is 10.8. The minimum Gasteiger partial charge on any atom is -0.398 e. The van der Waals surface area contributed by atoms with Gasteiger partial charge in [0.15, 0.2) is 6.29 Å². The highest BCUT2D eigenvalue weighted by Gasteiger charge is 2.01. The van der Waals surface area contributed by atoms with E-state index in [4.69, 9.17) is 5.73 Å². The SMILES string of the molecule is Cc1ccc(-c2ccc(N)c(C=O)c2)cc1. The highest BCUT2D eigenvalue weighted by atomic mass is 16.1. The normalized spacial score (nSPS) is 10.1. The molecule has 0 aromatic heterocycles. The Morgan fingerprint density at radius 3 is 2.25 bits per heavy atom. The monoisotopic (exact) mass is 211 g/mol. The lowest BCUT2D eigenvalue weighted by atomic mass is 10.0. The third-order valence-electron chi connectivity index (χ3n) is 2.60. The summed E-state index contributed by atoms with van der Waals surface area (Å²) in [6.07, 6.45) is 0.785. The Hall–Kier alpha value is -2.09. The van der Waals surface area contributed by atoms with Gasteiger partial charge in [0.2, 0.25) is 0 Å². The lowest BCUT2D eigenvalue weighted by Gasteiger charge is -2.05. The van der Waals surface area contributed by atoms with Crippen LogP contribution in [0.25, 0.3) is 11.1 Å². The molecule has 0 saturated heterocycles. The molecule has 0 aliphatic carbocycles. The number of hydrogen-bond acceptors (Lipinski definition) is 2. The quantitative estimate of drug-likeness (QED) is 0.612. The number of aryl methyl sites for hydroxylation is 1. The van der Waals surface area contributed by atoms with Gasteiger partial charge in [-0.2, -0.15) is 0 Å². The van der Waals surface area contributed by atoms with Crippen molar-refractivity contribution < 1.29 is 4.79 Å². The molecule has 2 aromatic rings.